The third-order valence-corrected chi connectivity index (χ3v) is 6.61. The van der Waals surface area contributed by atoms with Gasteiger partial charge >= 0.3 is 5.97 Å². The molecule has 0 spiro atoms. The minimum atomic E-state index is -0.499. The monoisotopic (exact) mass is 413 g/mol. The summed E-state index contributed by atoms with van der Waals surface area (Å²) >= 11 is 0. The van der Waals surface area contributed by atoms with Crippen molar-refractivity contribution in [2.24, 2.45) is 17.3 Å². The van der Waals surface area contributed by atoms with E-state index >= 15 is 0 Å². The highest BCUT2D eigenvalue weighted by Gasteiger charge is 2.34. The lowest BCUT2D eigenvalue weighted by atomic mass is 9.85. The van der Waals surface area contributed by atoms with Crippen LogP contribution in [0, 0.1) is 38.0 Å². The molecule has 0 amide bonds. The summed E-state index contributed by atoms with van der Waals surface area (Å²) in [5.41, 5.74) is 5.88. The van der Waals surface area contributed by atoms with Gasteiger partial charge in [0.15, 0.2) is 0 Å². The Labute approximate surface area is 182 Å². The minimum Gasteiger partial charge on any atom is -0.430 e. The zero-order valence-corrected chi connectivity index (χ0v) is 19.9. The highest BCUT2D eigenvalue weighted by Crippen LogP contribution is 2.45. The Morgan fingerprint density at radius 1 is 1.03 bits per heavy atom. The number of piperidine rings is 1. The second-order valence-corrected chi connectivity index (χ2v) is 10.4. The Hall–Kier alpha value is -1.65. The number of aryl methyl sites for hydroxylation is 3. The summed E-state index contributed by atoms with van der Waals surface area (Å²) in [5, 5.41) is 2.06. The van der Waals surface area contributed by atoms with Gasteiger partial charge in [-0.3, -0.25) is 4.79 Å². The first kappa shape index (κ1) is 23.0. The summed E-state index contributed by atoms with van der Waals surface area (Å²) in [6, 6.07) is 4.48. The zero-order chi connectivity index (χ0) is 22.1. The fraction of sp³-hybridized carbons (Fsp3) is 0.654. The molecule has 1 heterocycles. The lowest BCUT2D eigenvalue weighted by molar-refractivity contribution is -0.149. The fourth-order valence-corrected chi connectivity index (χ4v) is 5.09. The van der Waals surface area contributed by atoms with Gasteiger partial charge in [-0.1, -0.05) is 17.7 Å². The molecule has 1 fully saturated rings. The van der Waals surface area contributed by atoms with Gasteiger partial charge in [-0.2, -0.15) is 5.06 Å². The molecule has 166 valence electrons. The van der Waals surface area contributed by atoms with Gasteiger partial charge in [0.25, 0.3) is 0 Å². The number of ether oxygens (including phenoxy) is 1. The molecule has 0 bridgehead atoms. The van der Waals surface area contributed by atoms with E-state index in [4.69, 9.17) is 9.57 Å². The maximum atomic E-state index is 12.7. The van der Waals surface area contributed by atoms with Gasteiger partial charge in [0, 0.05) is 19.5 Å². The Balaban J connectivity index is 1.82. The highest BCUT2D eigenvalue weighted by molar-refractivity contribution is 5.81. The number of carbonyl (C=O) groups excluding carboxylic acids is 1. The molecular weight excluding hydrogens is 374 g/mol. The molecule has 4 nitrogen and oxygen atoms in total. The van der Waals surface area contributed by atoms with Crippen LogP contribution in [0.4, 0.5) is 0 Å². The molecule has 4 heteroatoms. The lowest BCUT2D eigenvalue weighted by Crippen LogP contribution is -2.33. The molecule has 1 aliphatic heterocycles. The number of benzene rings is 1. The van der Waals surface area contributed by atoms with Crippen LogP contribution in [-0.4, -0.2) is 31.2 Å². The number of esters is 1. The van der Waals surface area contributed by atoms with Crippen molar-refractivity contribution in [3.8, 4) is 0 Å². The van der Waals surface area contributed by atoms with E-state index < -0.39 is 5.41 Å². The number of allylic oxidation sites excluding steroid dienone is 2. The average Bonchev–Trinajstić information content (AvgIpc) is 3.02. The topological polar surface area (TPSA) is 38.8 Å². The summed E-state index contributed by atoms with van der Waals surface area (Å²) in [7, 11) is 1.76. The standard InChI is InChI=1S/C26H39NO3/c1-17-12-18(2)24(19(3)13-17)22-15-21(14-20-8-10-27(29-7)11-9-20)16-23(22)30-25(28)26(4,5)6/h12-13,20-21H,8-11,14-16H2,1-7H3. The summed E-state index contributed by atoms with van der Waals surface area (Å²) in [6.45, 7) is 14.3. The molecule has 1 atom stereocenters. The van der Waals surface area contributed by atoms with Crippen LogP contribution < -0.4 is 0 Å². The van der Waals surface area contributed by atoms with Crippen molar-refractivity contribution in [2.75, 3.05) is 20.2 Å². The SMILES string of the molecule is CON1CCC(CC2CC(OC(=O)C(C)(C)C)=C(c3c(C)cc(C)cc3C)C2)CC1. The first-order valence-electron chi connectivity index (χ1n) is 11.4. The summed E-state index contributed by atoms with van der Waals surface area (Å²) in [5.74, 6) is 2.04. The molecule has 1 aromatic rings. The number of hydrogen-bond acceptors (Lipinski definition) is 4. The Kier molecular flexibility index (Phi) is 7.09. The smallest absolute Gasteiger partial charge is 0.316 e. The largest absolute Gasteiger partial charge is 0.430 e. The van der Waals surface area contributed by atoms with Gasteiger partial charge in [-0.05, 0) is 101 Å². The number of hydrogen-bond donors (Lipinski definition) is 0. The van der Waals surface area contributed by atoms with Crippen molar-refractivity contribution >= 4 is 11.5 Å². The van der Waals surface area contributed by atoms with Gasteiger partial charge in [0.2, 0.25) is 0 Å². The van der Waals surface area contributed by atoms with Crippen molar-refractivity contribution in [1.29, 1.82) is 0 Å². The Morgan fingerprint density at radius 3 is 2.17 bits per heavy atom. The van der Waals surface area contributed by atoms with Crippen molar-refractivity contribution in [1.82, 2.24) is 5.06 Å². The van der Waals surface area contributed by atoms with E-state index in [-0.39, 0.29) is 5.97 Å². The van der Waals surface area contributed by atoms with Crippen LogP contribution in [0.25, 0.3) is 5.57 Å². The maximum absolute atomic E-state index is 12.7. The van der Waals surface area contributed by atoms with Crippen molar-refractivity contribution in [2.45, 2.75) is 73.6 Å². The second kappa shape index (κ2) is 9.23. The third kappa shape index (κ3) is 5.33. The number of nitrogens with zero attached hydrogens (tertiary/aromatic N) is 1. The number of rotatable bonds is 5. The van der Waals surface area contributed by atoms with Gasteiger partial charge < -0.3 is 9.57 Å². The van der Waals surface area contributed by atoms with E-state index in [1.807, 2.05) is 20.8 Å². The molecule has 3 rings (SSSR count). The molecule has 0 radical (unpaired) electrons. The van der Waals surface area contributed by atoms with Gasteiger partial charge in [-0.25, -0.2) is 0 Å². The number of carbonyl (C=O) groups is 1. The first-order chi connectivity index (χ1) is 14.1. The quantitative estimate of drug-likeness (QED) is 0.556. The van der Waals surface area contributed by atoms with E-state index in [2.05, 4.69) is 38.0 Å². The molecular formula is C26H39NO3. The third-order valence-electron chi connectivity index (χ3n) is 6.61. The Bertz CT molecular complexity index is 787. The van der Waals surface area contributed by atoms with Crippen molar-refractivity contribution < 1.29 is 14.4 Å². The summed E-state index contributed by atoms with van der Waals surface area (Å²) in [4.78, 5) is 18.1. The van der Waals surface area contributed by atoms with Crippen LogP contribution in [0.15, 0.2) is 17.9 Å². The van der Waals surface area contributed by atoms with E-state index in [1.165, 1.54) is 47.1 Å². The van der Waals surface area contributed by atoms with E-state index in [1.54, 1.807) is 7.11 Å². The average molecular weight is 414 g/mol. The normalized spacial score (nSPS) is 21.4. The van der Waals surface area contributed by atoms with Crippen LogP contribution in [0.5, 0.6) is 0 Å². The minimum absolute atomic E-state index is 0.133. The van der Waals surface area contributed by atoms with Crippen molar-refractivity contribution in [3.63, 3.8) is 0 Å². The lowest BCUT2D eigenvalue weighted by Gasteiger charge is -2.31. The fourth-order valence-electron chi connectivity index (χ4n) is 5.09. The molecule has 1 unspecified atom stereocenters. The Morgan fingerprint density at radius 2 is 1.63 bits per heavy atom. The molecule has 1 aromatic carbocycles. The van der Waals surface area contributed by atoms with Crippen LogP contribution in [0.3, 0.4) is 0 Å². The van der Waals surface area contributed by atoms with Gasteiger partial charge in [0.1, 0.15) is 5.76 Å². The summed E-state index contributed by atoms with van der Waals surface area (Å²) < 4.78 is 6.05. The zero-order valence-electron chi connectivity index (χ0n) is 19.9. The van der Waals surface area contributed by atoms with E-state index in [0.717, 1.165) is 37.6 Å². The van der Waals surface area contributed by atoms with Crippen LogP contribution in [0.2, 0.25) is 0 Å². The van der Waals surface area contributed by atoms with Crippen LogP contribution in [-0.2, 0) is 14.4 Å². The predicted molar refractivity (Wildman–Crippen MR) is 122 cm³/mol. The molecule has 0 aromatic heterocycles. The number of hydroxylamine groups is 2. The van der Waals surface area contributed by atoms with Gasteiger partial charge in [0.05, 0.1) is 12.5 Å². The van der Waals surface area contributed by atoms with E-state index in [0.29, 0.717) is 5.92 Å². The van der Waals surface area contributed by atoms with Gasteiger partial charge in [-0.15, -0.1) is 0 Å². The second-order valence-electron chi connectivity index (χ2n) is 10.4. The first-order valence-corrected chi connectivity index (χ1v) is 11.4. The maximum Gasteiger partial charge on any atom is 0.316 e. The molecule has 2 aliphatic rings. The molecule has 0 N–H and O–H groups in total. The van der Waals surface area contributed by atoms with Crippen molar-refractivity contribution in [3.05, 3.63) is 40.1 Å². The highest BCUT2D eigenvalue weighted by atomic mass is 16.7. The summed E-state index contributed by atoms with van der Waals surface area (Å²) in [6.07, 6.45) is 5.43. The molecule has 1 saturated heterocycles. The predicted octanol–water partition coefficient (Wildman–Crippen LogP) is 5.99. The van der Waals surface area contributed by atoms with E-state index in [9.17, 15) is 4.79 Å². The molecule has 0 saturated carbocycles. The van der Waals surface area contributed by atoms with Crippen LogP contribution >= 0.6 is 0 Å². The van der Waals surface area contributed by atoms with Crippen LogP contribution in [0.1, 0.15) is 75.1 Å². The molecule has 1 aliphatic carbocycles. The molecule has 30 heavy (non-hydrogen) atoms.